The van der Waals surface area contributed by atoms with Crippen molar-refractivity contribution in [1.29, 1.82) is 0 Å². The smallest absolute Gasteiger partial charge is 0.221 e. The molecule has 0 aliphatic heterocycles. The van der Waals surface area contributed by atoms with Gasteiger partial charge < -0.3 is 19.4 Å². The lowest BCUT2D eigenvalue weighted by atomic mass is 9.88. The van der Waals surface area contributed by atoms with Crippen molar-refractivity contribution in [1.82, 2.24) is 14.9 Å². The van der Waals surface area contributed by atoms with Gasteiger partial charge >= 0.3 is 0 Å². The van der Waals surface area contributed by atoms with Gasteiger partial charge in [0.1, 0.15) is 18.1 Å². The molecule has 6 aromatic rings. The fraction of sp³-hybridized carbons (Fsp3) is 0.158. The zero-order chi connectivity index (χ0) is 30.1. The number of benzene rings is 4. The summed E-state index contributed by atoms with van der Waals surface area (Å²) in [5.41, 5.74) is 6.61. The van der Waals surface area contributed by atoms with Crippen molar-refractivity contribution in [2.75, 3.05) is 7.11 Å². The molecule has 44 heavy (non-hydrogen) atoms. The summed E-state index contributed by atoms with van der Waals surface area (Å²) in [5.74, 6) is 1.46. The Morgan fingerprint density at radius 1 is 0.773 bits per heavy atom. The predicted octanol–water partition coefficient (Wildman–Crippen LogP) is 7.51. The Kier molecular flexibility index (Phi) is 8.98. The molecule has 0 radical (unpaired) electrons. The zero-order valence-electron chi connectivity index (χ0n) is 24.7. The van der Waals surface area contributed by atoms with Crippen LogP contribution in [0.1, 0.15) is 40.2 Å². The van der Waals surface area contributed by atoms with Gasteiger partial charge in [-0.05, 0) is 70.3 Å². The second kappa shape index (κ2) is 13.7. The molecule has 2 heterocycles. The summed E-state index contributed by atoms with van der Waals surface area (Å²) in [4.78, 5) is 17.5. The number of para-hydroxylation sites is 1. The average molecular weight is 582 g/mol. The van der Waals surface area contributed by atoms with E-state index in [1.165, 1.54) is 5.56 Å². The SMILES string of the molecule is COc1ccc(Cn2cc([C@H](CC(=O)NCc3ccncc3)c3ccc(OCc4ccccc4)cc3)c3ccccc32)cc1. The maximum absolute atomic E-state index is 13.4. The van der Waals surface area contributed by atoms with E-state index in [2.05, 4.69) is 81.7 Å². The van der Waals surface area contributed by atoms with Crippen LogP contribution in [-0.2, 0) is 24.5 Å². The normalized spacial score (nSPS) is 11.7. The number of hydrogen-bond donors (Lipinski definition) is 1. The van der Waals surface area contributed by atoms with Crippen LogP contribution < -0.4 is 14.8 Å². The van der Waals surface area contributed by atoms with Crippen LogP contribution in [0.25, 0.3) is 10.9 Å². The topological polar surface area (TPSA) is 65.4 Å². The molecule has 1 N–H and O–H groups in total. The molecule has 2 aromatic heterocycles. The maximum atomic E-state index is 13.4. The van der Waals surface area contributed by atoms with Gasteiger partial charge in [0.05, 0.1) is 7.11 Å². The van der Waals surface area contributed by atoms with Gasteiger partial charge in [0.15, 0.2) is 0 Å². The number of aromatic nitrogens is 2. The first-order chi connectivity index (χ1) is 21.7. The summed E-state index contributed by atoms with van der Waals surface area (Å²) >= 11 is 0. The molecule has 220 valence electrons. The number of fused-ring (bicyclic) bond motifs is 1. The first-order valence-electron chi connectivity index (χ1n) is 14.8. The number of amides is 1. The van der Waals surface area contributed by atoms with E-state index in [1.54, 1.807) is 19.5 Å². The Morgan fingerprint density at radius 2 is 1.48 bits per heavy atom. The lowest BCUT2D eigenvalue weighted by Crippen LogP contribution is -2.25. The summed E-state index contributed by atoms with van der Waals surface area (Å²) in [6.07, 6.45) is 5.99. The lowest BCUT2D eigenvalue weighted by molar-refractivity contribution is -0.121. The molecule has 1 atom stereocenters. The van der Waals surface area contributed by atoms with Gasteiger partial charge in [0.25, 0.3) is 0 Å². The number of carbonyl (C=O) groups is 1. The number of carbonyl (C=O) groups excluding carboxylic acids is 1. The number of rotatable bonds is 12. The molecule has 6 nitrogen and oxygen atoms in total. The number of hydrogen-bond acceptors (Lipinski definition) is 4. The lowest BCUT2D eigenvalue weighted by Gasteiger charge is -2.18. The maximum Gasteiger partial charge on any atom is 0.221 e. The van der Waals surface area contributed by atoms with Gasteiger partial charge in [0, 0.05) is 54.9 Å². The number of nitrogens with one attached hydrogen (secondary N) is 1. The van der Waals surface area contributed by atoms with Crippen molar-refractivity contribution < 1.29 is 14.3 Å². The number of methoxy groups -OCH3 is 1. The highest BCUT2D eigenvalue weighted by Gasteiger charge is 2.23. The van der Waals surface area contributed by atoms with Crippen LogP contribution >= 0.6 is 0 Å². The molecular weight excluding hydrogens is 546 g/mol. The van der Waals surface area contributed by atoms with Gasteiger partial charge in [-0.25, -0.2) is 0 Å². The van der Waals surface area contributed by atoms with Crippen molar-refractivity contribution in [3.05, 3.63) is 162 Å². The molecule has 6 rings (SSSR count). The molecule has 1 amide bonds. The highest BCUT2D eigenvalue weighted by molar-refractivity contribution is 5.87. The third-order valence-electron chi connectivity index (χ3n) is 7.87. The minimum Gasteiger partial charge on any atom is -0.497 e. The van der Waals surface area contributed by atoms with E-state index in [4.69, 9.17) is 9.47 Å². The van der Waals surface area contributed by atoms with Crippen molar-refractivity contribution in [2.45, 2.75) is 32.0 Å². The van der Waals surface area contributed by atoms with E-state index in [1.807, 2.05) is 54.6 Å². The van der Waals surface area contributed by atoms with E-state index in [9.17, 15) is 4.79 Å². The average Bonchev–Trinajstić information content (AvgIpc) is 3.44. The summed E-state index contributed by atoms with van der Waals surface area (Å²) < 4.78 is 13.7. The molecule has 0 unspecified atom stereocenters. The highest BCUT2D eigenvalue weighted by Crippen LogP contribution is 2.36. The fourth-order valence-electron chi connectivity index (χ4n) is 5.51. The molecule has 0 aliphatic rings. The molecule has 0 saturated heterocycles. The molecule has 6 heteroatoms. The molecule has 0 saturated carbocycles. The Hall–Kier alpha value is -5.36. The summed E-state index contributed by atoms with van der Waals surface area (Å²) in [6, 6.07) is 38.7. The first kappa shape index (κ1) is 28.7. The summed E-state index contributed by atoms with van der Waals surface area (Å²) in [6.45, 7) is 1.66. The van der Waals surface area contributed by atoms with Crippen LogP contribution in [0.2, 0.25) is 0 Å². The van der Waals surface area contributed by atoms with E-state index >= 15 is 0 Å². The first-order valence-corrected chi connectivity index (χ1v) is 14.8. The van der Waals surface area contributed by atoms with E-state index in [-0.39, 0.29) is 11.8 Å². The minimum atomic E-state index is -0.155. The van der Waals surface area contributed by atoms with Crippen LogP contribution in [0.3, 0.4) is 0 Å². The van der Waals surface area contributed by atoms with Crippen LogP contribution in [0.4, 0.5) is 0 Å². The Morgan fingerprint density at radius 3 is 2.23 bits per heavy atom. The van der Waals surface area contributed by atoms with Crippen LogP contribution in [0.15, 0.2) is 134 Å². The van der Waals surface area contributed by atoms with Gasteiger partial charge in [-0.1, -0.05) is 72.8 Å². The molecule has 0 fully saturated rings. The van der Waals surface area contributed by atoms with Gasteiger partial charge in [-0.15, -0.1) is 0 Å². The largest absolute Gasteiger partial charge is 0.497 e. The van der Waals surface area contributed by atoms with Crippen molar-refractivity contribution in [3.63, 3.8) is 0 Å². The van der Waals surface area contributed by atoms with E-state index in [0.717, 1.165) is 44.7 Å². The molecule has 0 spiro atoms. The minimum absolute atomic E-state index is 0.0109. The monoisotopic (exact) mass is 581 g/mol. The molecular formula is C38H35N3O3. The zero-order valence-corrected chi connectivity index (χ0v) is 24.7. The van der Waals surface area contributed by atoms with Crippen molar-refractivity contribution in [2.24, 2.45) is 0 Å². The molecule has 0 bridgehead atoms. The summed E-state index contributed by atoms with van der Waals surface area (Å²) in [7, 11) is 1.68. The number of nitrogens with zero attached hydrogens (tertiary/aromatic N) is 2. The highest BCUT2D eigenvalue weighted by atomic mass is 16.5. The van der Waals surface area contributed by atoms with E-state index < -0.39 is 0 Å². The van der Waals surface area contributed by atoms with Gasteiger partial charge in [-0.2, -0.15) is 0 Å². The fourth-order valence-corrected chi connectivity index (χ4v) is 5.51. The van der Waals surface area contributed by atoms with Crippen molar-refractivity contribution >= 4 is 16.8 Å². The van der Waals surface area contributed by atoms with Gasteiger partial charge in [0.2, 0.25) is 5.91 Å². The third-order valence-corrected chi connectivity index (χ3v) is 7.87. The number of pyridine rings is 1. The second-order valence-corrected chi connectivity index (χ2v) is 10.8. The van der Waals surface area contributed by atoms with Gasteiger partial charge in [-0.3, -0.25) is 9.78 Å². The van der Waals surface area contributed by atoms with E-state index in [0.29, 0.717) is 26.1 Å². The standard InChI is InChI=1S/C38H35N3O3/c1-43-32-15-11-29(12-16-32)25-41-26-36(34-9-5-6-10-37(34)41)35(23-38(42)40-24-28-19-21-39-22-20-28)31-13-17-33(18-14-31)44-27-30-7-3-2-4-8-30/h2-22,26,35H,23-25,27H2,1H3,(H,40,42)/t35-/m1/s1. The van der Waals surface area contributed by atoms with Crippen molar-refractivity contribution in [3.8, 4) is 11.5 Å². The van der Waals surface area contributed by atoms with Crippen LogP contribution in [0, 0.1) is 0 Å². The molecule has 4 aromatic carbocycles. The predicted molar refractivity (Wildman–Crippen MR) is 174 cm³/mol. The quantitative estimate of drug-likeness (QED) is 0.162. The molecule has 0 aliphatic carbocycles. The number of ether oxygens (including phenoxy) is 2. The van der Waals surface area contributed by atoms with Crippen LogP contribution in [-0.4, -0.2) is 22.6 Å². The Balaban J connectivity index is 1.29. The second-order valence-electron chi connectivity index (χ2n) is 10.8. The third kappa shape index (κ3) is 6.98. The Bertz CT molecular complexity index is 1800. The Labute approximate surface area is 257 Å². The van der Waals surface area contributed by atoms with Crippen LogP contribution in [0.5, 0.6) is 11.5 Å². The summed E-state index contributed by atoms with van der Waals surface area (Å²) in [5, 5.41) is 4.25.